The Labute approximate surface area is 218 Å². The van der Waals surface area contributed by atoms with Gasteiger partial charge in [-0.25, -0.2) is 8.42 Å². The summed E-state index contributed by atoms with van der Waals surface area (Å²) in [5.74, 6) is 1.06. The number of methoxy groups -OCH3 is 1. The van der Waals surface area contributed by atoms with Crippen LogP contribution in [0.1, 0.15) is 30.4 Å². The monoisotopic (exact) mass is 526 g/mol. The van der Waals surface area contributed by atoms with Crippen molar-refractivity contribution in [3.8, 4) is 5.75 Å². The normalized spacial score (nSPS) is 15.6. The minimum atomic E-state index is -3.68. The van der Waals surface area contributed by atoms with E-state index in [1.165, 1.54) is 17.8 Å². The fourth-order valence-corrected chi connectivity index (χ4v) is 6.22. The van der Waals surface area contributed by atoms with Crippen molar-refractivity contribution < 1.29 is 22.7 Å². The van der Waals surface area contributed by atoms with E-state index in [4.69, 9.17) is 9.47 Å². The molecule has 0 aromatic heterocycles. The lowest BCUT2D eigenvalue weighted by Crippen LogP contribution is -2.41. The molecule has 0 atom stereocenters. The molecular weight excluding hydrogens is 480 g/mol. The molecule has 9 nitrogen and oxygen atoms in total. The number of piperidine rings is 1. The summed E-state index contributed by atoms with van der Waals surface area (Å²) in [6.07, 6.45) is 3.39. The molecule has 0 unspecified atom stereocenters. The predicted octanol–water partition coefficient (Wildman–Crippen LogP) is 2.07. The smallest absolute Gasteiger partial charge is 0.248 e. The van der Waals surface area contributed by atoms with Gasteiger partial charge in [0.05, 0.1) is 18.6 Å². The second-order valence-corrected chi connectivity index (χ2v) is 12.2. The first kappa shape index (κ1) is 30.5. The molecule has 36 heavy (non-hydrogen) atoms. The van der Waals surface area contributed by atoms with Gasteiger partial charge in [0.25, 0.3) is 0 Å². The van der Waals surface area contributed by atoms with Crippen LogP contribution in [0.5, 0.6) is 5.75 Å². The van der Waals surface area contributed by atoms with Gasteiger partial charge in [0, 0.05) is 27.2 Å². The number of likely N-dealkylation sites (tertiary alicyclic amines) is 1. The zero-order chi connectivity index (χ0) is 26.9. The van der Waals surface area contributed by atoms with Crippen LogP contribution in [0.2, 0.25) is 0 Å². The number of hydrogen-bond donors (Lipinski definition) is 0. The SMILES string of the molecule is COc1cc(C)c(S(=O)(=O)N(C)CCOCC(=O)N(C)CC2CCN(CCCN(C)C)CC2)c(C)c1. The van der Waals surface area contributed by atoms with E-state index in [0.29, 0.717) is 22.8 Å². The van der Waals surface area contributed by atoms with Crippen molar-refractivity contribution in [1.82, 2.24) is 19.0 Å². The summed E-state index contributed by atoms with van der Waals surface area (Å²) in [5.41, 5.74) is 1.27. The Morgan fingerprint density at radius 3 is 2.22 bits per heavy atom. The molecule has 0 saturated carbocycles. The maximum Gasteiger partial charge on any atom is 0.248 e. The molecule has 1 aromatic rings. The number of aryl methyl sites for hydroxylation is 2. The number of carbonyl (C=O) groups is 1. The van der Waals surface area contributed by atoms with Crippen molar-refractivity contribution in [1.29, 1.82) is 0 Å². The van der Waals surface area contributed by atoms with Crippen LogP contribution in [-0.2, 0) is 19.6 Å². The molecule has 1 aromatic carbocycles. The number of benzene rings is 1. The number of nitrogens with zero attached hydrogens (tertiary/aromatic N) is 4. The summed E-state index contributed by atoms with van der Waals surface area (Å²) in [7, 11) is 5.44. The van der Waals surface area contributed by atoms with Crippen LogP contribution in [0.15, 0.2) is 17.0 Å². The summed E-state index contributed by atoms with van der Waals surface area (Å²) < 4.78 is 38.2. The third-order valence-corrected chi connectivity index (χ3v) is 9.02. The van der Waals surface area contributed by atoms with Crippen LogP contribution < -0.4 is 4.74 Å². The van der Waals surface area contributed by atoms with Gasteiger partial charge >= 0.3 is 0 Å². The highest BCUT2D eigenvalue weighted by atomic mass is 32.2. The maximum absolute atomic E-state index is 13.1. The lowest BCUT2D eigenvalue weighted by Gasteiger charge is -2.34. The topological polar surface area (TPSA) is 82.6 Å². The van der Waals surface area contributed by atoms with Crippen molar-refractivity contribution >= 4 is 15.9 Å². The second kappa shape index (κ2) is 14.3. The Kier molecular flexibility index (Phi) is 12.1. The average molecular weight is 527 g/mol. The molecular formula is C26H46N4O5S. The van der Waals surface area contributed by atoms with E-state index in [9.17, 15) is 13.2 Å². The highest BCUT2D eigenvalue weighted by Gasteiger charge is 2.26. The van der Waals surface area contributed by atoms with Crippen LogP contribution in [0, 0.1) is 19.8 Å². The van der Waals surface area contributed by atoms with Gasteiger partial charge in [-0.1, -0.05) is 0 Å². The largest absolute Gasteiger partial charge is 0.497 e. The lowest BCUT2D eigenvalue weighted by atomic mass is 9.96. The Morgan fingerprint density at radius 1 is 1.06 bits per heavy atom. The van der Waals surface area contributed by atoms with Crippen LogP contribution in [0.25, 0.3) is 0 Å². The van der Waals surface area contributed by atoms with Crippen LogP contribution >= 0.6 is 0 Å². The van der Waals surface area contributed by atoms with E-state index in [-0.39, 0.29) is 30.6 Å². The fraction of sp³-hybridized carbons (Fsp3) is 0.731. The van der Waals surface area contributed by atoms with E-state index in [0.717, 1.165) is 45.6 Å². The molecule has 1 fully saturated rings. The molecule has 206 valence electrons. The highest BCUT2D eigenvalue weighted by molar-refractivity contribution is 7.89. The molecule has 1 aliphatic heterocycles. The number of amides is 1. The first-order valence-corrected chi connectivity index (χ1v) is 14.2. The van der Waals surface area contributed by atoms with Gasteiger partial charge in [-0.15, -0.1) is 0 Å². The zero-order valence-corrected chi connectivity index (χ0v) is 24.1. The lowest BCUT2D eigenvalue weighted by molar-refractivity contribution is -0.135. The predicted molar refractivity (Wildman–Crippen MR) is 143 cm³/mol. The summed E-state index contributed by atoms with van der Waals surface area (Å²) in [6.45, 7) is 8.94. The minimum absolute atomic E-state index is 0.0473. The van der Waals surface area contributed by atoms with Crippen molar-refractivity contribution in [2.24, 2.45) is 5.92 Å². The first-order chi connectivity index (χ1) is 16.9. The third kappa shape index (κ3) is 8.99. The number of hydrogen-bond acceptors (Lipinski definition) is 7. The van der Waals surface area contributed by atoms with E-state index < -0.39 is 10.0 Å². The Morgan fingerprint density at radius 2 is 1.67 bits per heavy atom. The van der Waals surface area contributed by atoms with E-state index in [1.54, 1.807) is 38.0 Å². The third-order valence-electron chi connectivity index (χ3n) is 6.86. The number of rotatable bonds is 14. The van der Waals surface area contributed by atoms with Crippen molar-refractivity contribution in [2.75, 3.05) is 87.8 Å². The second-order valence-electron chi connectivity index (χ2n) is 10.2. The fourth-order valence-electron chi connectivity index (χ4n) is 4.67. The average Bonchev–Trinajstić information content (AvgIpc) is 2.81. The Hall–Kier alpha value is -1.72. The van der Waals surface area contributed by atoms with E-state index in [1.807, 2.05) is 7.05 Å². The molecule has 1 amide bonds. The first-order valence-electron chi connectivity index (χ1n) is 12.8. The van der Waals surface area contributed by atoms with Gasteiger partial charge in [0.2, 0.25) is 15.9 Å². The molecule has 0 N–H and O–H groups in total. The Bertz CT molecular complexity index is 923. The van der Waals surface area contributed by atoms with Crippen molar-refractivity contribution in [3.63, 3.8) is 0 Å². The molecule has 2 rings (SSSR count). The summed E-state index contributed by atoms with van der Waals surface area (Å²) in [5, 5.41) is 0. The molecule has 10 heteroatoms. The summed E-state index contributed by atoms with van der Waals surface area (Å²) >= 11 is 0. The molecule has 0 aliphatic carbocycles. The standard InChI is InChI=1S/C26H46N4O5S/c1-21-17-24(34-7)18-22(2)26(21)36(32,33)29(6)15-16-35-20-25(31)28(5)19-23-9-13-30(14-10-23)12-8-11-27(3)4/h17-18,23H,8-16,19-20H2,1-7H3. The molecule has 0 bridgehead atoms. The molecule has 1 heterocycles. The van der Waals surface area contributed by atoms with Crippen molar-refractivity contribution in [2.45, 2.75) is 38.0 Å². The van der Waals surface area contributed by atoms with Gasteiger partial charge in [0.15, 0.2) is 0 Å². The number of ether oxygens (including phenoxy) is 2. The van der Waals surface area contributed by atoms with Gasteiger partial charge < -0.3 is 24.2 Å². The van der Waals surface area contributed by atoms with Crippen LogP contribution in [0.3, 0.4) is 0 Å². The van der Waals surface area contributed by atoms with Gasteiger partial charge in [-0.05, 0) is 103 Å². The van der Waals surface area contributed by atoms with Crippen LogP contribution in [0.4, 0.5) is 0 Å². The van der Waals surface area contributed by atoms with Gasteiger partial charge in [-0.3, -0.25) is 4.79 Å². The summed E-state index contributed by atoms with van der Waals surface area (Å²) in [4.78, 5) is 19.3. The van der Waals surface area contributed by atoms with E-state index in [2.05, 4.69) is 23.9 Å². The quantitative estimate of drug-likeness (QED) is 0.343. The maximum atomic E-state index is 13.1. The van der Waals surface area contributed by atoms with Gasteiger partial charge in [-0.2, -0.15) is 4.31 Å². The summed E-state index contributed by atoms with van der Waals surface area (Å²) in [6, 6.07) is 3.43. The van der Waals surface area contributed by atoms with E-state index >= 15 is 0 Å². The molecule has 1 saturated heterocycles. The van der Waals surface area contributed by atoms with Crippen LogP contribution in [-0.4, -0.2) is 121 Å². The van der Waals surface area contributed by atoms with Gasteiger partial charge in [0.1, 0.15) is 12.4 Å². The molecule has 1 aliphatic rings. The molecule has 0 spiro atoms. The Balaban J connectivity index is 1.72. The minimum Gasteiger partial charge on any atom is -0.497 e. The zero-order valence-electron chi connectivity index (χ0n) is 23.2. The highest BCUT2D eigenvalue weighted by Crippen LogP contribution is 2.27. The number of sulfonamides is 1. The van der Waals surface area contributed by atoms with Crippen molar-refractivity contribution in [3.05, 3.63) is 23.3 Å². The number of likely N-dealkylation sites (N-methyl/N-ethyl adjacent to an activating group) is 2. The molecule has 0 radical (unpaired) electrons. The number of carbonyl (C=O) groups excluding carboxylic acids is 1.